The molecule has 76 heavy (non-hydrogen) atoms. The van der Waals surface area contributed by atoms with Gasteiger partial charge in [0.25, 0.3) is 5.91 Å². The molecule has 4 aliphatic rings. The second-order valence-corrected chi connectivity index (χ2v) is 24.6. The number of aliphatic hydroxyl groups excluding tert-OH is 1. The first-order valence-corrected chi connectivity index (χ1v) is 27.1. The normalized spacial score (nSPS) is 23.1. The third-order valence-electron chi connectivity index (χ3n) is 16.5. The summed E-state index contributed by atoms with van der Waals surface area (Å²) in [4.78, 5) is 67.2. The van der Waals surface area contributed by atoms with Crippen LogP contribution in [0.4, 0.5) is 13.2 Å². The lowest BCUT2D eigenvalue weighted by Crippen LogP contribution is -2.74. The van der Waals surface area contributed by atoms with Crippen molar-refractivity contribution in [1.82, 2.24) is 30.3 Å². The zero-order chi connectivity index (χ0) is 55.1. The summed E-state index contributed by atoms with van der Waals surface area (Å²) in [7, 11) is 0. The van der Waals surface area contributed by atoms with Crippen molar-refractivity contribution in [3.05, 3.63) is 106 Å². The summed E-state index contributed by atoms with van der Waals surface area (Å²) in [6.45, 7) is 22.4. The molecule has 0 bridgehead atoms. The Morgan fingerprint density at radius 3 is 2.16 bits per heavy atom. The minimum atomic E-state index is -4.71. The van der Waals surface area contributed by atoms with Gasteiger partial charge in [-0.3, -0.25) is 24.1 Å². The van der Waals surface area contributed by atoms with Gasteiger partial charge in [-0.05, 0) is 79.3 Å². The van der Waals surface area contributed by atoms with E-state index in [2.05, 4.69) is 25.4 Å². The van der Waals surface area contributed by atoms with E-state index in [1.807, 2.05) is 116 Å². The summed E-state index contributed by atoms with van der Waals surface area (Å²) >= 11 is 1.57. The Kier molecular flexibility index (Phi) is 16.3. The van der Waals surface area contributed by atoms with Crippen LogP contribution in [0.2, 0.25) is 0 Å². The van der Waals surface area contributed by atoms with E-state index < -0.39 is 57.7 Å². The number of aliphatic hydroxyl groups is 1. The van der Waals surface area contributed by atoms with Crippen LogP contribution in [0.5, 0.6) is 5.75 Å². The Morgan fingerprint density at radius 2 is 1.59 bits per heavy atom. The van der Waals surface area contributed by atoms with Gasteiger partial charge in [-0.2, -0.15) is 18.4 Å². The van der Waals surface area contributed by atoms with Crippen molar-refractivity contribution in [1.29, 1.82) is 5.26 Å². The first-order chi connectivity index (χ1) is 35.7. The van der Waals surface area contributed by atoms with Gasteiger partial charge in [-0.25, -0.2) is 4.98 Å². The first-order valence-electron chi connectivity index (χ1n) is 26.2. The first kappa shape index (κ1) is 56.5. The van der Waals surface area contributed by atoms with Gasteiger partial charge in [0.2, 0.25) is 11.8 Å². The molecule has 408 valence electrons. The molecule has 1 aromatic heterocycles. The molecule has 3 saturated heterocycles. The highest BCUT2D eigenvalue weighted by atomic mass is 32.1. The van der Waals surface area contributed by atoms with Crippen LogP contribution >= 0.6 is 11.3 Å². The number of halogens is 3. The monoisotopic (exact) mass is 1070 g/mol. The van der Waals surface area contributed by atoms with Gasteiger partial charge in [-0.1, -0.05) is 84.9 Å². The molecule has 1 unspecified atom stereocenters. The molecule has 4 heterocycles. The number of hydrogen-bond acceptors (Lipinski definition) is 12. The standard InChI is InChI=1S/C58H72F3N7O7S/c1-35(37-10-12-38(13-11-37)48-36(2)63-34-76-48)64-50(72)47-27-43(70)31-68(47)51(73)46(54(3,4)5)26-42(69)30-67-24-22-66(23-25-67)21-20-57(32-74-33-57)41-17-14-39(15-18-41)49(71)65-52-55(6,7)53(56(52,8)9)75-44-19-16-40(29-62)45(28-44)58(59,60)61/h10-19,28,34-35,43,46-47,52-53,70H,20-27,30-33H2,1-9H3,(H,64,72)(H,65,71)/t35-,43+,46+,47?,52?,53?/m0/s1. The van der Waals surface area contributed by atoms with Crippen molar-refractivity contribution in [3.8, 4) is 22.3 Å². The summed E-state index contributed by atoms with van der Waals surface area (Å²) in [6, 6.07) is 18.9. The molecule has 4 atom stereocenters. The smallest absolute Gasteiger partial charge is 0.417 e. The number of likely N-dealkylation sites (tertiary alicyclic amines) is 1. The third-order valence-corrected chi connectivity index (χ3v) is 17.5. The molecule has 3 N–H and O–H groups in total. The van der Waals surface area contributed by atoms with Gasteiger partial charge < -0.3 is 35.0 Å². The predicted molar refractivity (Wildman–Crippen MR) is 283 cm³/mol. The number of nitrogens with zero attached hydrogens (tertiary/aromatic N) is 5. The molecule has 8 rings (SSSR count). The molecule has 3 aromatic carbocycles. The van der Waals surface area contributed by atoms with Crippen molar-refractivity contribution in [2.45, 2.75) is 124 Å². The molecular formula is C58H72F3N7O7S. The predicted octanol–water partition coefficient (Wildman–Crippen LogP) is 8.36. The van der Waals surface area contributed by atoms with E-state index in [-0.39, 0.29) is 72.7 Å². The van der Waals surface area contributed by atoms with Crippen LogP contribution in [0.25, 0.3) is 10.4 Å². The third kappa shape index (κ3) is 11.9. The highest BCUT2D eigenvalue weighted by Crippen LogP contribution is 2.56. The average molecular weight is 1070 g/mol. The van der Waals surface area contributed by atoms with E-state index in [0.29, 0.717) is 31.9 Å². The van der Waals surface area contributed by atoms with Crippen LogP contribution in [0, 0.1) is 40.4 Å². The summed E-state index contributed by atoms with van der Waals surface area (Å²) in [5.74, 6) is -1.63. The van der Waals surface area contributed by atoms with E-state index in [1.54, 1.807) is 17.4 Å². The number of nitriles is 1. The number of Topliss-reactive ketones (excluding diaryl/α,β-unsaturated/α-hetero) is 1. The van der Waals surface area contributed by atoms with Gasteiger partial charge in [-0.15, -0.1) is 11.3 Å². The number of aromatic nitrogens is 1. The number of alkyl halides is 3. The number of hydrogen-bond donors (Lipinski definition) is 3. The van der Waals surface area contributed by atoms with Crippen molar-refractivity contribution in [3.63, 3.8) is 0 Å². The van der Waals surface area contributed by atoms with Gasteiger partial charge in [0.1, 0.15) is 23.7 Å². The maximum atomic E-state index is 14.4. The Hall–Kier alpha value is -5.71. The number of amides is 3. The lowest BCUT2D eigenvalue weighted by atomic mass is 9.49. The molecule has 18 heteroatoms. The number of aryl methyl sites for hydroxylation is 1. The molecule has 1 aliphatic carbocycles. The quantitative estimate of drug-likeness (QED) is 0.0926. The van der Waals surface area contributed by atoms with Crippen LogP contribution < -0.4 is 15.4 Å². The second kappa shape index (κ2) is 22.0. The fraction of sp³-hybridized carbons (Fsp3) is 0.552. The molecule has 1 saturated carbocycles. The highest BCUT2D eigenvalue weighted by molar-refractivity contribution is 7.13. The van der Waals surface area contributed by atoms with Crippen LogP contribution in [0.1, 0.15) is 119 Å². The lowest BCUT2D eigenvalue weighted by Gasteiger charge is -2.63. The van der Waals surface area contributed by atoms with Crippen molar-refractivity contribution < 1.29 is 46.9 Å². The van der Waals surface area contributed by atoms with Gasteiger partial charge in [0.15, 0.2) is 0 Å². The van der Waals surface area contributed by atoms with Crippen LogP contribution in [0.15, 0.2) is 72.2 Å². The summed E-state index contributed by atoms with van der Waals surface area (Å²) in [6.07, 6.45) is -5.12. The zero-order valence-electron chi connectivity index (χ0n) is 45.1. The van der Waals surface area contributed by atoms with Crippen LogP contribution in [-0.4, -0.2) is 132 Å². The topological polar surface area (TPSA) is 177 Å². The van der Waals surface area contributed by atoms with Gasteiger partial charge in [0.05, 0.1) is 65.2 Å². The van der Waals surface area contributed by atoms with E-state index >= 15 is 0 Å². The summed E-state index contributed by atoms with van der Waals surface area (Å²) in [5, 5.41) is 26.2. The number of carbonyl (C=O) groups is 4. The Balaban J connectivity index is 0.799. The molecule has 0 spiro atoms. The van der Waals surface area contributed by atoms with Gasteiger partial charge >= 0.3 is 6.18 Å². The number of thiazole rings is 1. The number of rotatable bonds is 17. The minimum absolute atomic E-state index is 0.00461. The summed E-state index contributed by atoms with van der Waals surface area (Å²) in [5.41, 5.74) is 2.69. The fourth-order valence-corrected chi connectivity index (χ4v) is 12.9. The SMILES string of the molecule is Cc1ncsc1-c1ccc([C@H](C)NC(=O)C2C[C@@H](O)CN2C(=O)[C@@H](CC(=O)CN2CCN(CCC3(c4ccc(C(=O)NC5C(C)(C)C(Oc6ccc(C#N)c(C(F)(F)F)c6)C5(C)C)cc4)COC3)CC2)C(C)(C)C)cc1. The fourth-order valence-electron chi connectivity index (χ4n) is 12.1. The zero-order valence-corrected chi connectivity index (χ0v) is 45.9. The van der Waals surface area contributed by atoms with E-state index in [1.165, 1.54) is 11.0 Å². The van der Waals surface area contributed by atoms with E-state index in [0.717, 1.165) is 65.4 Å². The Morgan fingerprint density at radius 1 is 0.947 bits per heavy atom. The molecule has 14 nitrogen and oxygen atoms in total. The number of nitrogens with one attached hydrogen (secondary N) is 2. The Bertz CT molecular complexity index is 2790. The molecular weight excluding hydrogens is 996 g/mol. The van der Waals surface area contributed by atoms with Gasteiger partial charge in [0, 0.05) is 79.3 Å². The van der Waals surface area contributed by atoms with Crippen molar-refractivity contribution in [2.75, 3.05) is 59.0 Å². The number of piperazine rings is 1. The molecule has 4 aromatic rings. The lowest BCUT2D eigenvalue weighted by molar-refractivity contribution is -0.164. The molecule has 3 aliphatic heterocycles. The molecule has 3 amide bonds. The van der Waals surface area contributed by atoms with E-state index in [9.17, 15) is 42.7 Å². The largest absolute Gasteiger partial charge is 0.489 e. The maximum absolute atomic E-state index is 14.4. The average Bonchev–Trinajstić information content (AvgIpc) is 3.98. The Labute approximate surface area is 448 Å². The van der Waals surface area contributed by atoms with E-state index in [4.69, 9.17) is 9.47 Å². The highest BCUT2D eigenvalue weighted by Gasteiger charge is 2.64. The minimum Gasteiger partial charge on any atom is -0.489 e. The second-order valence-electron chi connectivity index (χ2n) is 23.8. The molecule has 0 radical (unpaired) electrons. The number of carbonyl (C=O) groups excluding carboxylic acids is 4. The number of β-amino-alcohol motifs (C(OH)–C–C–N with tert-alkyl or cyclic N) is 1. The van der Waals surface area contributed by atoms with Crippen LogP contribution in [0.3, 0.4) is 0 Å². The number of ether oxygens (including phenoxy) is 2. The number of benzene rings is 3. The number of ketones is 1. The maximum Gasteiger partial charge on any atom is 0.417 e. The van der Waals surface area contributed by atoms with Crippen molar-refractivity contribution >= 4 is 34.8 Å². The molecule has 4 fully saturated rings. The van der Waals surface area contributed by atoms with Crippen molar-refractivity contribution in [2.24, 2.45) is 22.2 Å². The van der Waals surface area contributed by atoms with Crippen LogP contribution in [-0.2, 0) is 30.7 Å². The summed E-state index contributed by atoms with van der Waals surface area (Å²) < 4.78 is 53.0.